The number of amides is 1. The lowest BCUT2D eigenvalue weighted by Gasteiger charge is -2.12. The fraction of sp³-hybridized carbons (Fsp3) is 0.857. The second-order valence-electron chi connectivity index (χ2n) is 2.87. The van der Waals surface area contributed by atoms with Crippen LogP contribution < -0.4 is 5.32 Å². The summed E-state index contributed by atoms with van der Waals surface area (Å²) in [6, 6.07) is -0.262. The van der Waals surface area contributed by atoms with E-state index in [-0.39, 0.29) is 18.6 Å². The van der Waals surface area contributed by atoms with Gasteiger partial charge >= 0.3 is 0 Å². The number of carbonyl (C=O) groups excluding carboxylic acids is 1. The standard InChI is InChI=1S/C7H15N2O2/c1-6(5-10)8-7(11)4-9(2)3/h6H,4-5H2,1-3H3,(H,8,11)/t6-/m1/s1. The molecule has 0 saturated heterocycles. The van der Waals surface area contributed by atoms with E-state index in [1.807, 2.05) is 0 Å². The zero-order chi connectivity index (χ0) is 8.85. The fourth-order valence-corrected chi connectivity index (χ4v) is 0.649. The van der Waals surface area contributed by atoms with Gasteiger partial charge in [-0.2, -0.15) is 0 Å². The highest BCUT2D eigenvalue weighted by atomic mass is 16.3. The van der Waals surface area contributed by atoms with Gasteiger partial charge in [0.15, 0.2) is 0 Å². The molecular formula is C7H15N2O2. The molecule has 0 aliphatic carbocycles. The molecule has 0 rings (SSSR count). The van der Waals surface area contributed by atoms with Crippen molar-refractivity contribution in [1.29, 1.82) is 0 Å². The smallest absolute Gasteiger partial charge is 0.234 e. The summed E-state index contributed by atoms with van der Waals surface area (Å²) < 4.78 is 0. The molecule has 1 atom stereocenters. The molecule has 1 N–H and O–H groups in total. The van der Waals surface area contributed by atoms with Gasteiger partial charge in [-0.15, -0.1) is 0 Å². The Morgan fingerprint density at radius 2 is 2.09 bits per heavy atom. The Morgan fingerprint density at radius 1 is 1.55 bits per heavy atom. The van der Waals surface area contributed by atoms with Crippen molar-refractivity contribution in [3.8, 4) is 0 Å². The molecule has 0 saturated carbocycles. The molecule has 4 nitrogen and oxygen atoms in total. The molecule has 1 amide bonds. The van der Waals surface area contributed by atoms with Crippen molar-refractivity contribution in [3.05, 3.63) is 0 Å². The maximum atomic E-state index is 10.9. The predicted molar refractivity (Wildman–Crippen MR) is 41.7 cm³/mol. The lowest BCUT2D eigenvalue weighted by atomic mass is 10.3. The predicted octanol–water partition coefficient (Wildman–Crippen LogP) is -0.517. The maximum absolute atomic E-state index is 10.9. The number of likely N-dealkylation sites (N-methyl/N-ethyl adjacent to an activating group) is 1. The molecule has 0 bridgehead atoms. The Bertz CT molecular complexity index is 126. The molecule has 0 aromatic rings. The highest BCUT2D eigenvalue weighted by molar-refractivity contribution is 5.78. The van der Waals surface area contributed by atoms with E-state index in [0.717, 1.165) is 0 Å². The summed E-state index contributed by atoms with van der Waals surface area (Å²) in [6.45, 7) is 1.77. The Morgan fingerprint density at radius 3 is 2.45 bits per heavy atom. The summed E-state index contributed by atoms with van der Waals surface area (Å²) in [5, 5.41) is 12.8. The summed E-state index contributed by atoms with van der Waals surface area (Å²) in [7, 11) is 3.61. The lowest BCUT2D eigenvalue weighted by Crippen LogP contribution is -2.40. The van der Waals surface area contributed by atoms with Gasteiger partial charge in [0.1, 0.15) is 6.61 Å². The fourth-order valence-electron chi connectivity index (χ4n) is 0.649. The van der Waals surface area contributed by atoms with Gasteiger partial charge in [-0.1, -0.05) is 0 Å². The minimum Gasteiger partial charge on any atom is -0.350 e. The summed E-state index contributed by atoms with van der Waals surface area (Å²) >= 11 is 0. The van der Waals surface area contributed by atoms with Gasteiger partial charge in [0, 0.05) is 0 Å². The summed E-state index contributed by atoms with van der Waals surface area (Å²) in [6.07, 6.45) is 0. The number of nitrogens with one attached hydrogen (secondary N) is 1. The second kappa shape index (κ2) is 5.09. The minimum absolute atomic E-state index is 0.0987. The average molecular weight is 159 g/mol. The molecular weight excluding hydrogens is 144 g/mol. The topological polar surface area (TPSA) is 52.2 Å². The van der Waals surface area contributed by atoms with Gasteiger partial charge in [0.2, 0.25) is 5.91 Å². The molecule has 0 fully saturated rings. The van der Waals surface area contributed by atoms with E-state index < -0.39 is 0 Å². The molecule has 0 aliphatic rings. The highest BCUT2D eigenvalue weighted by Gasteiger charge is 2.06. The van der Waals surface area contributed by atoms with Gasteiger partial charge in [0.05, 0.1) is 12.6 Å². The summed E-state index contributed by atoms with van der Waals surface area (Å²) in [5.74, 6) is -0.0987. The van der Waals surface area contributed by atoms with E-state index in [2.05, 4.69) is 5.32 Å². The van der Waals surface area contributed by atoms with Crippen LogP contribution in [0.25, 0.3) is 0 Å². The van der Waals surface area contributed by atoms with E-state index in [9.17, 15) is 9.90 Å². The summed E-state index contributed by atoms with van der Waals surface area (Å²) in [5.41, 5.74) is 0. The molecule has 0 aromatic heterocycles. The molecule has 4 heteroatoms. The Kier molecular flexibility index (Phi) is 4.81. The second-order valence-corrected chi connectivity index (χ2v) is 2.87. The largest absolute Gasteiger partial charge is 0.350 e. The number of carbonyl (C=O) groups is 1. The van der Waals surface area contributed by atoms with Crippen LogP contribution in [-0.4, -0.2) is 44.1 Å². The van der Waals surface area contributed by atoms with Crippen molar-refractivity contribution in [1.82, 2.24) is 10.2 Å². The van der Waals surface area contributed by atoms with Crippen LogP contribution in [0.15, 0.2) is 0 Å². The zero-order valence-corrected chi connectivity index (χ0v) is 7.26. The van der Waals surface area contributed by atoms with Crippen molar-refractivity contribution in [2.75, 3.05) is 27.2 Å². The average Bonchev–Trinajstić information content (AvgIpc) is 1.85. The molecule has 0 heterocycles. The van der Waals surface area contributed by atoms with Crippen LogP contribution in [-0.2, 0) is 9.90 Å². The van der Waals surface area contributed by atoms with Crippen molar-refractivity contribution >= 4 is 5.91 Å². The van der Waals surface area contributed by atoms with E-state index in [0.29, 0.717) is 6.54 Å². The van der Waals surface area contributed by atoms with E-state index in [1.54, 1.807) is 25.9 Å². The van der Waals surface area contributed by atoms with Crippen molar-refractivity contribution in [3.63, 3.8) is 0 Å². The van der Waals surface area contributed by atoms with Crippen LogP contribution in [0.3, 0.4) is 0 Å². The van der Waals surface area contributed by atoms with Crippen molar-refractivity contribution in [2.24, 2.45) is 0 Å². The lowest BCUT2D eigenvalue weighted by molar-refractivity contribution is -0.122. The van der Waals surface area contributed by atoms with Crippen LogP contribution in [0.5, 0.6) is 0 Å². The summed E-state index contributed by atoms with van der Waals surface area (Å²) in [4.78, 5) is 12.7. The number of hydrogen-bond donors (Lipinski definition) is 1. The third-order valence-corrected chi connectivity index (χ3v) is 1.12. The van der Waals surface area contributed by atoms with Gasteiger partial charge in [-0.3, -0.25) is 4.79 Å². The van der Waals surface area contributed by atoms with Gasteiger partial charge in [-0.05, 0) is 21.0 Å². The Labute approximate surface area is 67.2 Å². The quantitative estimate of drug-likeness (QED) is 0.600. The molecule has 65 valence electrons. The van der Waals surface area contributed by atoms with Crippen molar-refractivity contribution in [2.45, 2.75) is 13.0 Å². The van der Waals surface area contributed by atoms with Crippen LogP contribution in [0.4, 0.5) is 0 Å². The van der Waals surface area contributed by atoms with E-state index >= 15 is 0 Å². The van der Waals surface area contributed by atoms with Gasteiger partial charge in [-0.25, -0.2) is 5.11 Å². The first-order valence-electron chi connectivity index (χ1n) is 3.58. The first-order chi connectivity index (χ1) is 5.06. The third kappa shape index (κ3) is 5.82. The van der Waals surface area contributed by atoms with Crippen LogP contribution in [0.1, 0.15) is 6.92 Å². The minimum atomic E-state index is -0.265. The molecule has 0 spiro atoms. The van der Waals surface area contributed by atoms with Gasteiger partial charge < -0.3 is 10.2 Å². The number of hydrogen-bond acceptors (Lipinski definition) is 2. The first kappa shape index (κ1) is 10.4. The number of rotatable bonds is 4. The third-order valence-electron chi connectivity index (χ3n) is 1.12. The normalized spacial score (nSPS) is 13.2. The van der Waals surface area contributed by atoms with Crippen molar-refractivity contribution < 1.29 is 9.90 Å². The number of nitrogens with zero attached hydrogens (tertiary/aromatic N) is 1. The molecule has 0 aliphatic heterocycles. The van der Waals surface area contributed by atoms with Crippen LogP contribution >= 0.6 is 0 Å². The zero-order valence-electron chi connectivity index (χ0n) is 7.26. The monoisotopic (exact) mass is 159 g/mol. The Balaban J connectivity index is 3.52. The maximum Gasteiger partial charge on any atom is 0.234 e. The highest BCUT2D eigenvalue weighted by Crippen LogP contribution is 1.80. The molecule has 1 radical (unpaired) electrons. The molecule has 0 aromatic carbocycles. The van der Waals surface area contributed by atoms with Crippen LogP contribution in [0, 0.1) is 0 Å². The van der Waals surface area contributed by atoms with E-state index in [4.69, 9.17) is 0 Å². The SMILES string of the molecule is C[C@H](C[O])NC(=O)CN(C)C. The first-order valence-corrected chi connectivity index (χ1v) is 3.58. The van der Waals surface area contributed by atoms with Crippen LogP contribution in [0.2, 0.25) is 0 Å². The van der Waals surface area contributed by atoms with E-state index in [1.165, 1.54) is 0 Å². The Hall–Kier alpha value is -0.610. The van der Waals surface area contributed by atoms with Gasteiger partial charge in [0.25, 0.3) is 0 Å². The molecule has 0 unspecified atom stereocenters. The molecule has 11 heavy (non-hydrogen) atoms.